The van der Waals surface area contributed by atoms with E-state index in [0.717, 1.165) is 6.42 Å². The molecular weight excluding hydrogens is 247 g/mol. The Labute approximate surface area is 95.1 Å². The molecule has 0 aromatic rings. The Morgan fingerprint density at radius 3 is 2.15 bits per heavy atom. The number of allylic oxidation sites excluding steroid dienone is 1. The quantitative estimate of drug-likeness (QED) is 0.410. The molecule has 0 heterocycles. The molecule has 13 heavy (non-hydrogen) atoms. The van der Waals surface area contributed by atoms with Crippen LogP contribution in [0.5, 0.6) is 0 Å². The summed E-state index contributed by atoms with van der Waals surface area (Å²) < 4.78 is 5.39. The van der Waals surface area contributed by atoms with E-state index < -0.39 is 6.00 Å². The number of hydrogen-bond donors (Lipinski definition) is 0. The molecule has 1 atom stereocenters. The Bertz CT molecular complexity index is 165. The van der Waals surface area contributed by atoms with Crippen LogP contribution in [0.4, 0.5) is 0 Å². The van der Waals surface area contributed by atoms with Crippen LogP contribution < -0.4 is 0 Å². The standard InChI is InChI=1S/C8H15Cl3OSi/c1-4-5-6-12-8(7(2)3)13(9,10)11/h5-8H,4H2,1-3H3. The van der Waals surface area contributed by atoms with Crippen molar-refractivity contribution in [3.8, 4) is 0 Å². The van der Waals surface area contributed by atoms with E-state index >= 15 is 0 Å². The second-order valence-electron chi connectivity index (χ2n) is 3.12. The summed E-state index contributed by atoms with van der Waals surface area (Å²) in [4.78, 5) is 0. The summed E-state index contributed by atoms with van der Waals surface area (Å²) in [5.74, 6) is 0.223. The zero-order valence-corrected chi connectivity index (χ0v) is 11.3. The smallest absolute Gasteiger partial charge is 0.381 e. The minimum absolute atomic E-state index is 0.223. The lowest BCUT2D eigenvalue weighted by atomic mass is 10.2. The summed E-state index contributed by atoms with van der Waals surface area (Å²) in [6.45, 7) is 6.00. The van der Waals surface area contributed by atoms with E-state index in [0.29, 0.717) is 0 Å². The molecule has 0 aliphatic heterocycles. The fourth-order valence-electron chi connectivity index (χ4n) is 0.849. The molecule has 1 unspecified atom stereocenters. The first-order valence-corrected chi connectivity index (χ1v) is 9.38. The lowest BCUT2D eigenvalue weighted by molar-refractivity contribution is 0.167. The molecule has 1 nitrogen and oxygen atoms in total. The first-order valence-electron chi connectivity index (χ1n) is 4.26. The monoisotopic (exact) mass is 260 g/mol. The third-order valence-electron chi connectivity index (χ3n) is 1.49. The first-order chi connectivity index (χ1) is 5.89. The van der Waals surface area contributed by atoms with Gasteiger partial charge >= 0.3 is 6.00 Å². The van der Waals surface area contributed by atoms with Crippen LogP contribution in [0.3, 0.4) is 0 Å². The van der Waals surface area contributed by atoms with E-state index in [1.54, 1.807) is 6.26 Å². The number of hydrogen-bond acceptors (Lipinski definition) is 1. The molecule has 0 amide bonds. The van der Waals surface area contributed by atoms with Gasteiger partial charge in [-0.2, -0.15) is 0 Å². The third kappa shape index (κ3) is 5.84. The fourth-order valence-corrected chi connectivity index (χ4v) is 4.57. The van der Waals surface area contributed by atoms with Crippen molar-refractivity contribution in [1.29, 1.82) is 0 Å². The predicted molar refractivity (Wildman–Crippen MR) is 62.5 cm³/mol. The van der Waals surface area contributed by atoms with Gasteiger partial charge in [0.15, 0.2) is 0 Å². The number of rotatable bonds is 5. The van der Waals surface area contributed by atoms with Crippen LogP contribution in [0.1, 0.15) is 27.2 Å². The molecule has 0 rings (SSSR count). The molecule has 0 bridgehead atoms. The van der Waals surface area contributed by atoms with Crippen LogP contribution in [0, 0.1) is 5.92 Å². The minimum atomic E-state index is -2.76. The summed E-state index contributed by atoms with van der Waals surface area (Å²) in [6.07, 6.45) is 4.45. The van der Waals surface area contributed by atoms with Crippen molar-refractivity contribution in [2.24, 2.45) is 5.92 Å². The van der Waals surface area contributed by atoms with Crippen molar-refractivity contribution < 1.29 is 4.74 Å². The predicted octanol–water partition coefficient (Wildman–Crippen LogP) is 4.15. The van der Waals surface area contributed by atoms with Gasteiger partial charge in [0, 0.05) is 0 Å². The van der Waals surface area contributed by atoms with Crippen LogP contribution in [0.15, 0.2) is 12.3 Å². The zero-order valence-electron chi connectivity index (χ0n) is 8.06. The zero-order chi connectivity index (χ0) is 10.5. The lowest BCUT2D eigenvalue weighted by Crippen LogP contribution is -2.37. The topological polar surface area (TPSA) is 9.23 Å². The van der Waals surface area contributed by atoms with Crippen LogP contribution in [-0.2, 0) is 4.74 Å². The third-order valence-corrected chi connectivity index (χ3v) is 4.87. The first kappa shape index (κ1) is 13.6. The average Bonchev–Trinajstić information content (AvgIpc) is 1.94. The maximum Gasteiger partial charge on any atom is 0.381 e. The molecule has 0 aliphatic carbocycles. The Morgan fingerprint density at radius 2 is 1.85 bits per heavy atom. The van der Waals surface area contributed by atoms with E-state index in [1.807, 2.05) is 26.8 Å². The fraction of sp³-hybridized carbons (Fsp3) is 0.750. The van der Waals surface area contributed by atoms with Gasteiger partial charge in [-0.1, -0.05) is 26.8 Å². The highest BCUT2D eigenvalue weighted by molar-refractivity contribution is 7.65. The lowest BCUT2D eigenvalue weighted by Gasteiger charge is -2.24. The van der Waals surface area contributed by atoms with Gasteiger partial charge < -0.3 is 4.74 Å². The molecule has 0 saturated carbocycles. The number of ether oxygens (including phenoxy) is 1. The molecule has 78 valence electrons. The van der Waals surface area contributed by atoms with Crippen LogP contribution in [0.25, 0.3) is 0 Å². The van der Waals surface area contributed by atoms with Crippen LogP contribution in [0.2, 0.25) is 0 Å². The summed E-state index contributed by atoms with van der Waals surface area (Å²) in [6, 6.07) is -2.76. The van der Waals surface area contributed by atoms with Gasteiger partial charge in [-0.15, -0.1) is 33.2 Å². The van der Waals surface area contributed by atoms with Crippen molar-refractivity contribution in [2.45, 2.75) is 32.9 Å². The van der Waals surface area contributed by atoms with Gasteiger partial charge in [-0.05, 0) is 12.3 Å². The SMILES string of the molecule is CCC=COC(C(C)C)[Si](Cl)(Cl)Cl. The van der Waals surface area contributed by atoms with Gasteiger partial charge in [0.2, 0.25) is 0 Å². The van der Waals surface area contributed by atoms with Gasteiger partial charge in [0.25, 0.3) is 0 Å². The van der Waals surface area contributed by atoms with Gasteiger partial charge in [0.1, 0.15) is 5.73 Å². The average molecular weight is 262 g/mol. The van der Waals surface area contributed by atoms with E-state index in [2.05, 4.69) is 0 Å². The second kappa shape index (κ2) is 6.17. The Hall–Kier alpha value is 0.627. The van der Waals surface area contributed by atoms with Gasteiger partial charge in [0.05, 0.1) is 6.26 Å². The molecule has 0 aliphatic rings. The van der Waals surface area contributed by atoms with Crippen LogP contribution in [-0.4, -0.2) is 11.7 Å². The van der Waals surface area contributed by atoms with Crippen molar-refractivity contribution in [3.63, 3.8) is 0 Å². The molecular formula is C8H15Cl3OSi. The highest BCUT2D eigenvalue weighted by Crippen LogP contribution is 2.31. The van der Waals surface area contributed by atoms with Crippen molar-refractivity contribution in [3.05, 3.63) is 12.3 Å². The summed E-state index contributed by atoms with van der Waals surface area (Å²) in [7, 11) is 0. The maximum atomic E-state index is 5.88. The van der Waals surface area contributed by atoms with E-state index in [-0.39, 0.29) is 11.6 Å². The van der Waals surface area contributed by atoms with E-state index in [9.17, 15) is 0 Å². The highest BCUT2D eigenvalue weighted by atomic mass is 35.8. The van der Waals surface area contributed by atoms with E-state index in [1.165, 1.54) is 0 Å². The largest absolute Gasteiger partial charge is 0.497 e. The second-order valence-corrected chi connectivity index (χ2v) is 11.9. The Kier molecular flexibility index (Phi) is 6.47. The number of halogens is 3. The molecule has 0 aromatic carbocycles. The Morgan fingerprint density at radius 1 is 1.31 bits per heavy atom. The summed E-state index contributed by atoms with van der Waals surface area (Å²) in [5.41, 5.74) is -0.264. The molecule has 0 spiro atoms. The van der Waals surface area contributed by atoms with Crippen molar-refractivity contribution in [1.82, 2.24) is 0 Å². The Balaban J connectivity index is 4.20. The molecule has 0 aromatic heterocycles. The molecule has 5 heteroatoms. The van der Waals surface area contributed by atoms with Gasteiger partial charge in [-0.3, -0.25) is 0 Å². The maximum absolute atomic E-state index is 5.88. The normalized spacial score (nSPS) is 15.3. The van der Waals surface area contributed by atoms with Crippen molar-refractivity contribution >= 4 is 39.2 Å². The van der Waals surface area contributed by atoms with Gasteiger partial charge in [-0.25, -0.2) is 0 Å². The van der Waals surface area contributed by atoms with Crippen LogP contribution >= 0.6 is 33.2 Å². The summed E-state index contributed by atoms with van der Waals surface area (Å²) in [5, 5.41) is 0. The minimum Gasteiger partial charge on any atom is -0.497 e. The molecule has 0 radical (unpaired) electrons. The summed E-state index contributed by atoms with van der Waals surface area (Å²) >= 11 is 17.7. The van der Waals surface area contributed by atoms with Crippen molar-refractivity contribution in [2.75, 3.05) is 0 Å². The highest BCUT2D eigenvalue weighted by Gasteiger charge is 2.40. The molecule has 0 N–H and O–H groups in total. The van der Waals surface area contributed by atoms with E-state index in [4.69, 9.17) is 38.0 Å². The molecule has 0 saturated heterocycles. The molecule has 0 fully saturated rings.